The molecule has 2 N–H and O–H groups in total. The van der Waals surface area contributed by atoms with Crippen LogP contribution >= 0.6 is 0 Å². The van der Waals surface area contributed by atoms with Gasteiger partial charge in [-0.1, -0.05) is 48.5 Å². The van der Waals surface area contributed by atoms with Crippen molar-refractivity contribution in [3.05, 3.63) is 107 Å². The zero-order chi connectivity index (χ0) is 31.6. The number of carbonyl (C=O) groups is 1. The van der Waals surface area contributed by atoms with E-state index in [4.69, 9.17) is 9.47 Å². The molecule has 4 aromatic rings. The van der Waals surface area contributed by atoms with E-state index in [1.54, 1.807) is 12.4 Å². The number of hydrogen-bond acceptors (Lipinski definition) is 7. The van der Waals surface area contributed by atoms with E-state index in [-0.39, 0.29) is 37.3 Å². The molecule has 0 bridgehead atoms. The SMILES string of the molecule is CC(Oc1cnc(N2CC(NC(=O)OCC3c4ccccc4-c4ccccc43)C(c3cc(F)ccc3F)C2)nc1)C1CCNCC1. The van der Waals surface area contributed by atoms with Gasteiger partial charge in [0.15, 0.2) is 5.75 Å². The third-order valence-corrected chi connectivity index (χ3v) is 9.59. The molecule has 3 aliphatic rings. The number of carbonyl (C=O) groups excluding carboxylic acids is 1. The third kappa shape index (κ3) is 6.13. The molecule has 1 aromatic heterocycles. The zero-order valence-corrected chi connectivity index (χ0v) is 25.7. The summed E-state index contributed by atoms with van der Waals surface area (Å²) in [5.41, 5.74) is 4.67. The number of alkyl carbamates (subject to hydrolysis) is 1. The number of halogens is 2. The summed E-state index contributed by atoms with van der Waals surface area (Å²) in [5.74, 6) is -0.279. The number of ether oxygens (including phenoxy) is 2. The minimum absolute atomic E-state index is 0.0365. The van der Waals surface area contributed by atoms with Crippen molar-refractivity contribution in [2.75, 3.05) is 37.7 Å². The lowest BCUT2D eigenvalue weighted by atomic mass is 9.93. The monoisotopic (exact) mass is 625 g/mol. The van der Waals surface area contributed by atoms with Crippen molar-refractivity contribution >= 4 is 12.0 Å². The molecule has 2 saturated heterocycles. The fourth-order valence-electron chi connectivity index (χ4n) is 7.18. The van der Waals surface area contributed by atoms with Crippen LogP contribution in [0, 0.1) is 17.6 Å². The second-order valence-electron chi connectivity index (χ2n) is 12.4. The van der Waals surface area contributed by atoms with Crippen LogP contribution < -0.4 is 20.3 Å². The molecule has 2 fully saturated rings. The first-order chi connectivity index (χ1) is 22.4. The number of amides is 1. The molecular weight excluding hydrogens is 588 g/mol. The van der Waals surface area contributed by atoms with Crippen molar-refractivity contribution in [3.8, 4) is 16.9 Å². The van der Waals surface area contributed by atoms with E-state index in [9.17, 15) is 9.18 Å². The molecule has 0 radical (unpaired) electrons. The molecule has 1 aliphatic carbocycles. The minimum atomic E-state index is -0.618. The average molecular weight is 626 g/mol. The first-order valence-electron chi connectivity index (χ1n) is 16.0. The molecule has 1 amide bonds. The number of aromatic nitrogens is 2. The van der Waals surface area contributed by atoms with Gasteiger partial charge in [0, 0.05) is 24.9 Å². The number of rotatable bonds is 8. The van der Waals surface area contributed by atoms with Crippen molar-refractivity contribution in [3.63, 3.8) is 0 Å². The molecule has 10 heteroatoms. The lowest BCUT2D eigenvalue weighted by molar-refractivity contribution is 0.127. The topological polar surface area (TPSA) is 88.6 Å². The van der Waals surface area contributed by atoms with E-state index in [2.05, 4.69) is 51.8 Å². The molecule has 0 spiro atoms. The van der Waals surface area contributed by atoms with Crippen LogP contribution in [0.5, 0.6) is 5.75 Å². The Morgan fingerprint density at radius 2 is 1.63 bits per heavy atom. The highest BCUT2D eigenvalue weighted by atomic mass is 19.1. The molecular formula is C36H37F2N5O3. The van der Waals surface area contributed by atoms with Gasteiger partial charge in [-0.2, -0.15) is 0 Å². The summed E-state index contributed by atoms with van der Waals surface area (Å²) in [6, 6.07) is 19.1. The molecule has 46 heavy (non-hydrogen) atoms. The standard InChI is InChI=1S/C36H37F2N5O3/c1-22(23-12-14-39-15-13-23)46-25-17-40-35(41-18-25)43-19-31(30-16-24(37)10-11-33(30)38)34(20-43)42-36(44)45-21-32-28-8-4-2-6-26(28)27-7-3-5-9-29(27)32/h2-11,16-18,22-23,31-32,34,39H,12-15,19-21H2,1H3,(H,42,44). The summed E-state index contributed by atoms with van der Waals surface area (Å²) in [6.45, 7) is 4.76. The highest BCUT2D eigenvalue weighted by molar-refractivity contribution is 5.79. The zero-order valence-electron chi connectivity index (χ0n) is 25.7. The molecule has 8 nitrogen and oxygen atoms in total. The van der Waals surface area contributed by atoms with Gasteiger partial charge >= 0.3 is 6.09 Å². The summed E-state index contributed by atoms with van der Waals surface area (Å²) in [6.07, 6.45) is 4.82. The lowest BCUT2D eigenvalue weighted by Crippen LogP contribution is -2.41. The summed E-state index contributed by atoms with van der Waals surface area (Å²) in [4.78, 5) is 24.2. The minimum Gasteiger partial charge on any atom is -0.487 e. The second kappa shape index (κ2) is 13.0. The average Bonchev–Trinajstić information content (AvgIpc) is 3.64. The van der Waals surface area contributed by atoms with Gasteiger partial charge in [-0.25, -0.2) is 23.5 Å². The Morgan fingerprint density at radius 3 is 2.33 bits per heavy atom. The molecule has 2 aliphatic heterocycles. The fourth-order valence-corrected chi connectivity index (χ4v) is 7.18. The molecule has 7 rings (SSSR count). The number of piperidine rings is 1. The number of fused-ring (bicyclic) bond motifs is 3. The van der Waals surface area contributed by atoms with Gasteiger partial charge in [0.25, 0.3) is 0 Å². The number of benzene rings is 3. The quantitative estimate of drug-likeness (QED) is 0.247. The molecule has 3 heterocycles. The normalized spacial score (nSPS) is 20.2. The van der Waals surface area contributed by atoms with Gasteiger partial charge in [-0.05, 0) is 84.8 Å². The van der Waals surface area contributed by atoms with Crippen molar-refractivity contribution in [1.29, 1.82) is 0 Å². The number of anilines is 1. The van der Waals surface area contributed by atoms with E-state index >= 15 is 4.39 Å². The Morgan fingerprint density at radius 1 is 0.957 bits per heavy atom. The van der Waals surface area contributed by atoms with Gasteiger partial charge in [0.05, 0.1) is 24.5 Å². The van der Waals surface area contributed by atoms with Crippen LogP contribution in [0.1, 0.15) is 48.3 Å². The van der Waals surface area contributed by atoms with Gasteiger partial charge in [-0.15, -0.1) is 0 Å². The molecule has 238 valence electrons. The van der Waals surface area contributed by atoms with Crippen molar-refractivity contribution < 1.29 is 23.0 Å². The predicted octanol–water partition coefficient (Wildman–Crippen LogP) is 6.03. The maximum atomic E-state index is 15.0. The van der Waals surface area contributed by atoms with E-state index in [1.165, 1.54) is 6.07 Å². The van der Waals surface area contributed by atoms with Gasteiger partial charge in [-0.3, -0.25) is 0 Å². The number of hydrogen-bond donors (Lipinski definition) is 2. The number of nitrogens with one attached hydrogen (secondary N) is 2. The first-order valence-corrected chi connectivity index (χ1v) is 16.0. The highest BCUT2D eigenvalue weighted by Gasteiger charge is 2.38. The van der Waals surface area contributed by atoms with Crippen LogP contribution in [-0.2, 0) is 4.74 Å². The molecule has 0 saturated carbocycles. The maximum Gasteiger partial charge on any atom is 0.407 e. The van der Waals surface area contributed by atoms with Gasteiger partial charge < -0.3 is 25.0 Å². The number of nitrogens with zero attached hydrogens (tertiary/aromatic N) is 3. The summed E-state index contributed by atoms with van der Waals surface area (Å²) in [7, 11) is 0. The van der Waals surface area contributed by atoms with Crippen molar-refractivity contribution in [2.45, 2.75) is 43.7 Å². The lowest BCUT2D eigenvalue weighted by Gasteiger charge is -2.28. The Kier molecular flexibility index (Phi) is 8.53. The van der Waals surface area contributed by atoms with Crippen LogP contribution in [0.4, 0.5) is 19.5 Å². The predicted molar refractivity (Wildman–Crippen MR) is 171 cm³/mol. The Balaban J connectivity index is 1.05. The summed E-state index contributed by atoms with van der Waals surface area (Å²) >= 11 is 0. The Hall–Kier alpha value is -4.57. The van der Waals surface area contributed by atoms with Gasteiger partial charge in [0.2, 0.25) is 5.95 Å². The molecule has 3 aromatic carbocycles. The fraction of sp³-hybridized carbons (Fsp3) is 0.361. The Labute approximate surface area is 267 Å². The van der Waals surface area contributed by atoms with E-state index < -0.39 is 29.7 Å². The van der Waals surface area contributed by atoms with Gasteiger partial charge in [0.1, 0.15) is 18.2 Å². The second-order valence-corrected chi connectivity index (χ2v) is 12.4. The van der Waals surface area contributed by atoms with E-state index in [1.807, 2.05) is 29.2 Å². The summed E-state index contributed by atoms with van der Waals surface area (Å²) < 4.78 is 41.3. The smallest absolute Gasteiger partial charge is 0.407 e. The van der Waals surface area contributed by atoms with Crippen LogP contribution in [-0.4, -0.2) is 61.0 Å². The van der Waals surface area contributed by atoms with E-state index in [0.29, 0.717) is 17.6 Å². The van der Waals surface area contributed by atoms with Crippen LogP contribution in [0.15, 0.2) is 79.1 Å². The first kappa shape index (κ1) is 30.1. The van der Waals surface area contributed by atoms with E-state index in [0.717, 1.165) is 60.3 Å². The largest absolute Gasteiger partial charge is 0.487 e. The van der Waals surface area contributed by atoms with Crippen LogP contribution in [0.2, 0.25) is 0 Å². The van der Waals surface area contributed by atoms with Crippen molar-refractivity contribution in [2.24, 2.45) is 5.92 Å². The van der Waals surface area contributed by atoms with Crippen LogP contribution in [0.3, 0.4) is 0 Å². The van der Waals surface area contributed by atoms with Crippen LogP contribution in [0.25, 0.3) is 11.1 Å². The maximum absolute atomic E-state index is 15.0. The molecule has 3 unspecified atom stereocenters. The highest BCUT2D eigenvalue weighted by Crippen LogP contribution is 2.44. The van der Waals surface area contributed by atoms with Crippen molar-refractivity contribution in [1.82, 2.24) is 20.6 Å². The Bertz CT molecular complexity index is 1650. The molecule has 3 atom stereocenters. The summed E-state index contributed by atoms with van der Waals surface area (Å²) in [5, 5.41) is 6.31. The third-order valence-electron chi connectivity index (χ3n) is 9.59.